The Kier molecular flexibility index (Phi) is 56.7. The second-order valence-electron chi connectivity index (χ2n) is 21.0. The molecule has 406 valence electrons. The van der Waals surface area contributed by atoms with Crippen LogP contribution in [0.1, 0.15) is 342 Å². The van der Waals surface area contributed by atoms with E-state index in [9.17, 15) is 14.4 Å². The maximum absolute atomic E-state index is 12.9. The van der Waals surface area contributed by atoms with Gasteiger partial charge < -0.3 is 14.2 Å². The summed E-state index contributed by atoms with van der Waals surface area (Å²) in [6.45, 7) is 6.67. The van der Waals surface area contributed by atoms with E-state index >= 15 is 0 Å². The van der Waals surface area contributed by atoms with Crippen molar-refractivity contribution >= 4 is 17.9 Å². The van der Waals surface area contributed by atoms with E-state index in [1.807, 2.05) is 0 Å². The van der Waals surface area contributed by atoms with Crippen molar-refractivity contribution in [2.24, 2.45) is 0 Å². The van der Waals surface area contributed by atoms with Crippen LogP contribution in [0.3, 0.4) is 0 Å². The zero-order valence-electron chi connectivity index (χ0n) is 46.6. The van der Waals surface area contributed by atoms with Crippen molar-refractivity contribution in [3.8, 4) is 0 Å². The van der Waals surface area contributed by atoms with Crippen LogP contribution in [0.25, 0.3) is 0 Å². The predicted molar refractivity (Wildman–Crippen MR) is 298 cm³/mol. The molecule has 0 aliphatic heterocycles. The Morgan fingerprint density at radius 3 is 0.725 bits per heavy atom. The van der Waals surface area contributed by atoms with Gasteiger partial charge in [-0.1, -0.05) is 276 Å². The first kappa shape index (κ1) is 66.9. The smallest absolute Gasteiger partial charge is 0.306 e. The summed E-state index contributed by atoms with van der Waals surface area (Å²) in [5, 5.41) is 0. The number of carbonyl (C=O) groups is 3. The highest BCUT2D eigenvalue weighted by Crippen LogP contribution is 2.17. The molecule has 0 saturated carbocycles. The molecule has 6 nitrogen and oxygen atoms in total. The highest BCUT2D eigenvalue weighted by Gasteiger charge is 2.19. The normalized spacial score (nSPS) is 12.1. The van der Waals surface area contributed by atoms with Gasteiger partial charge in [0.2, 0.25) is 0 Å². The van der Waals surface area contributed by atoms with Crippen LogP contribution in [-0.4, -0.2) is 37.2 Å². The molecule has 0 heterocycles. The van der Waals surface area contributed by atoms with Crippen molar-refractivity contribution in [3.05, 3.63) is 24.3 Å². The van der Waals surface area contributed by atoms with Crippen molar-refractivity contribution in [1.29, 1.82) is 0 Å². The molecule has 0 rings (SSSR count). The highest BCUT2D eigenvalue weighted by molar-refractivity contribution is 5.71. The second-order valence-corrected chi connectivity index (χ2v) is 21.0. The average molecular weight is 972 g/mol. The van der Waals surface area contributed by atoms with E-state index in [1.165, 1.54) is 231 Å². The van der Waals surface area contributed by atoms with Gasteiger partial charge in [0.15, 0.2) is 6.10 Å². The lowest BCUT2D eigenvalue weighted by Crippen LogP contribution is -2.30. The van der Waals surface area contributed by atoms with Crippen molar-refractivity contribution in [2.45, 2.75) is 348 Å². The fourth-order valence-electron chi connectivity index (χ4n) is 9.26. The zero-order valence-corrected chi connectivity index (χ0v) is 46.6. The number of carbonyl (C=O) groups excluding carboxylic acids is 3. The molecule has 0 aliphatic carbocycles. The van der Waals surface area contributed by atoms with E-state index in [4.69, 9.17) is 14.2 Å². The molecule has 69 heavy (non-hydrogen) atoms. The van der Waals surface area contributed by atoms with E-state index in [0.717, 1.165) is 70.6 Å². The maximum Gasteiger partial charge on any atom is 0.306 e. The summed E-state index contributed by atoms with van der Waals surface area (Å²) in [5.74, 6) is -0.867. The number of allylic oxidation sites excluding steroid dienone is 4. The summed E-state index contributed by atoms with van der Waals surface area (Å²) in [7, 11) is 0. The molecule has 0 saturated heterocycles. The third-order valence-corrected chi connectivity index (χ3v) is 13.9. The lowest BCUT2D eigenvalue weighted by Gasteiger charge is -2.18. The Bertz CT molecular complexity index is 1110. The molecule has 6 heteroatoms. The van der Waals surface area contributed by atoms with Crippen LogP contribution in [0.2, 0.25) is 0 Å². The molecule has 0 N–H and O–H groups in total. The first-order valence-electron chi connectivity index (χ1n) is 30.8. The minimum Gasteiger partial charge on any atom is -0.462 e. The van der Waals surface area contributed by atoms with E-state index in [2.05, 4.69) is 45.1 Å². The van der Waals surface area contributed by atoms with Crippen molar-refractivity contribution in [2.75, 3.05) is 13.2 Å². The fourth-order valence-corrected chi connectivity index (χ4v) is 9.26. The third-order valence-electron chi connectivity index (χ3n) is 13.9. The van der Waals surface area contributed by atoms with Gasteiger partial charge in [-0.15, -0.1) is 0 Å². The molecule has 0 amide bonds. The fraction of sp³-hybridized carbons (Fsp3) is 0.889. The molecular weight excluding hydrogens is 853 g/mol. The quantitative estimate of drug-likeness (QED) is 0.0261. The van der Waals surface area contributed by atoms with Gasteiger partial charge in [-0.3, -0.25) is 14.4 Å². The first-order chi connectivity index (χ1) is 34.0. The maximum atomic E-state index is 12.9. The number of rotatable bonds is 57. The number of esters is 3. The van der Waals surface area contributed by atoms with Crippen LogP contribution in [0.5, 0.6) is 0 Å². The lowest BCUT2D eigenvalue weighted by atomic mass is 10.0. The minimum absolute atomic E-state index is 0.0725. The number of ether oxygens (including phenoxy) is 3. The first-order valence-corrected chi connectivity index (χ1v) is 30.8. The Morgan fingerprint density at radius 1 is 0.275 bits per heavy atom. The van der Waals surface area contributed by atoms with Crippen LogP contribution in [0.4, 0.5) is 0 Å². The van der Waals surface area contributed by atoms with Gasteiger partial charge in [-0.2, -0.15) is 0 Å². The van der Waals surface area contributed by atoms with Crippen molar-refractivity contribution in [3.63, 3.8) is 0 Å². The molecule has 0 aromatic heterocycles. The van der Waals surface area contributed by atoms with Crippen LogP contribution in [-0.2, 0) is 28.6 Å². The summed E-state index contributed by atoms with van der Waals surface area (Å²) in [5.41, 5.74) is 0. The molecule has 0 spiro atoms. The van der Waals surface area contributed by atoms with Crippen molar-refractivity contribution < 1.29 is 28.6 Å². The molecule has 0 fully saturated rings. The standard InChI is InChI=1S/C63H118O6/c1-4-7-10-13-16-19-22-25-28-30-31-32-33-34-36-38-41-44-47-50-53-56-62(65)68-59-60(58-67-61(64)55-52-49-46-43-40-37-27-24-21-18-15-12-9-6-3)69-63(66)57-54-51-48-45-42-39-35-29-26-23-20-17-14-11-8-5-2/h24,27,29,35,60H,4-23,25-26,28,30-34,36-59H2,1-3H3/b27-24-,35-29-. The van der Waals surface area contributed by atoms with Crippen LogP contribution in [0, 0.1) is 0 Å². The molecule has 1 unspecified atom stereocenters. The molecular formula is C63H118O6. The predicted octanol–water partition coefficient (Wildman–Crippen LogP) is 20.7. The Morgan fingerprint density at radius 2 is 0.478 bits per heavy atom. The number of hydrogen-bond acceptors (Lipinski definition) is 6. The second kappa shape index (κ2) is 58.5. The molecule has 0 aromatic rings. The van der Waals surface area contributed by atoms with Crippen LogP contribution < -0.4 is 0 Å². The summed E-state index contributed by atoms with van der Waals surface area (Å²) < 4.78 is 16.9. The summed E-state index contributed by atoms with van der Waals surface area (Å²) in [6, 6.07) is 0. The van der Waals surface area contributed by atoms with Gasteiger partial charge in [0.1, 0.15) is 13.2 Å². The van der Waals surface area contributed by atoms with E-state index in [1.54, 1.807) is 0 Å². The van der Waals surface area contributed by atoms with Crippen LogP contribution >= 0.6 is 0 Å². The average Bonchev–Trinajstić information content (AvgIpc) is 3.35. The monoisotopic (exact) mass is 971 g/mol. The van der Waals surface area contributed by atoms with Gasteiger partial charge in [0, 0.05) is 19.3 Å². The SMILES string of the molecule is CCCCCCC/C=C\CCCCCCCC(=O)OCC(COC(=O)CCCCCCCCCCCCCCCCCCCCCCC)OC(=O)CCCCCCC/C=C\CCCCCCCCC. The largest absolute Gasteiger partial charge is 0.462 e. The highest BCUT2D eigenvalue weighted by atomic mass is 16.6. The Hall–Kier alpha value is -2.11. The van der Waals surface area contributed by atoms with Crippen LogP contribution in [0.15, 0.2) is 24.3 Å². The van der Waals surface area contributed by atoms with E-state index in [0.29, 0.717) is 19.3 Å². The van der Waals surface area contributed by atoms with E-state index < -0.39 is 6.10 Å². The lowest BCUT2D eigenvalue weighted by molar-refractivity contribution is -0.167. The zero-order chi connectivity index (χ0) is 50.0. The molecule has 1 atom stereocenters. The van der Waals surface area contributed by atoms with Gasteiger partial charge in [0.05, 0.1) is 0 Å². The van der Waals surface area contributed by atoms with Gasteiger partial charge >= 0.3 is 17.9 Å². The van der Waals surface area contributed by atoms with Crippen molar-refractivity contribution in [1.82, 2.24) is 0 Å². The summed E-state index contributed by atoms with van der Waals surface area (Å²) in [4.78, 5) is 38.2. The van der Waals surface area contributed by atoms with Gasteiger partial charge in [-0.25, -0.2) is 0 Å². The molecule has 0 aromatic carbocycles. The number of hydrogen-bond donors (Lipinski definition) is 0. The third kappa shape index (κ3) is 56.7. The van der Waals surface area contributed by atoms with Gasteiger partial charge in [0.25, 0.3) is 0 Å². The van der Waals surface area contributed by atoms with Gasteiger partial charge in [-0.05, 0) is 70.6 Å². The summed E-state index contributed by atoms with van der Waals surface area (Å²) >= 11 is 0. The summed E-state index contributed by atoms with van der Waals surface area (Å²) in [6.07, 6.45) is 68.9. The minimum atomic E-state index is -0.776. The molecule has 0 radical (unpaired) electrons. The van der Waals surface area contributed by atoms with E-state index in [-0.39, 0.29) is 31.1 Å². The number of unbranched alkanes of at least 4 members (excludes halogenated alkanes) is 42. The topological polar surface area (TPSA) is 78.9 Å². The molecule has 0 aliphatic rings. The Balaban J connectivity index is 4.30. The Labute approximate surface area is 430 Å². The molecule has 0 bridgehead atoms.